The average molecular weight is 168 g/mol. The quantitative estimate of drug-likeness (QED) is 0.603. The summed E-state index contributed by atoms with van der Waals surface area (Å²) >= 11 is 0. The van der Waals surface area contributed by atoms with Gasteiger partial charge in [0.1, 0.15) is 0 Å². The maximum Gasteiger partial charge on any atom is -0.00137 e. The Balaban J connectivity index is 2.49. The van der Waals surface area contributed by atoms with E-state index in [1.165, 1.54) is 16.7 Å². The first kappa shape index (κ1) is 8.06. The number of hydrogen-bond acceptors (Lipinski definition) is 0. The number of allylic oxidation sites excluding steroid dienone is 4. The summed E-state index contributed by atoms with van der Waals surface area (Å²) in [5.74, 6) is 0. The molecule has 0 heterocycles. The zero-order valence-corrected chi connectivity index (χ0v) is 7.59. The van der Waals surface area contributed by atoms with Crippen molar-refractivity contribution in [2.75, 3.05) is 0 Å². The molecule has 0 nitrogen and oxygen atoms in total. The molecule has 0 atom stereocenters. The minimum absolute atomic E-state index is 1.00. The van der Waals surface area contributed by atoms with E-state index < -0.39 is 0 Å². The molecule has 0 saturated heterocycles. The lowest BCUT2D eigenvalue weighted by molar-refractivity contribution is 1.27. The molecule has 0 aliphatic heterocycles. The lowest BCUT2D eigenvalue weighted by Crippen LogP contribution is -1.77. The summed E-state index contributed by atoms with van der Waals surface area (Å²) < 4.78 is 0. The van der Waals surface area contributed by atoms with Crippen molar-refractivity contribution in [3.63, 3.8) is 0 Å². The fourth-order valence-electron chi connectivity index (χ4n) is 1.76. The van der Waals surface area contributed by atoms with Gasteiger partial charge in [0, 0.05) is 0 Å². The van der Waals surface area contributed by atoms with Crippen molar-refractivity contribution >= 4 is 5.57 Å². The summed E-state index contributed by atoms with van der Waals surface area (Å²) in [6.45, 7) is 7.78. The molecule has 0 saturated carbocycles. The predicted octanol–water partition coefficient (Wildman–Crippen LogP) is 3.37. The fraction of sp³-hybridized carbons (Fsp3) is 0.0769. The van der Waals surface area contributed by atoms with E-state index in [0.717, 1.165) is 12.0 Å². The summed E-state index contributed by atoms with van der Waals surface area (Å²) in [6, 6.07) is 8.41. The van der Waals surface area contributed by atoms with E-state index in [1.54, 1.807) is 0 Å². The highest BCUT2D eigenvalue weighted by Gasteiger charge is 2.17. The molecular formula is C13H12. The molecule has 0 N–H and O–H groups in total. The molecule has 0 bridgehead atoms. The van der Waals surface area contributed by atoms with Crippen molar-refractivity contribution in [3.05, 3.63) is 66.3 Å². The second kappa shape index (κ2) is 3.06. The smallest absolute Gasteiger partial charge is 0.00137 e. The first-order valence-corrected chi connectivity index (χ1v) is 4.42. The molecule has 0 spiro atoms. The molecule has 13 heavy (non-hydrogen) atoms. The Hall–Kier alpha value is -1.56. The van der Waals surface area contributed by atoms with Gasteiger partial charge >= 0.3 is 0 Å². The Morgan fingerprint density at radius 1 is 1.23 bits per heavy atom. The van der Waals surface area contributed by atoms with Crippen LogP contribution in [0.4, 0.5) is 0 Å². The summed E-state index contributed by atoms with van der Waals surface area (Å²) in [5, 5.41) is 0. The fourth-order valence-corrected chi connectivity index (χ4v) is 1.76. The molecule has 1 aromatic rings. The second-order valence-corrected chi connectivity index (χ2v) is 3.24. The van der Waals surface area contributed by atoms with E-state index in [2.05, 4.69) is 37.4 Å². The highest BCUT2D eigenvalue weighted by molar-refractivity contribution is 5.84. The van der Waals surface area contributed by atoms with Crippen LogP contribution in [0.15, 0.2) is 55.1 Å². The van der Waals surface area contributed by atoms with Crippen LogP contribution in [0, 0.1) is 0 Å². The first-order chi connectivity index (χ1) is 6.33. The molecule has 1 aliphatic carbocycles. The Morgan fingerprint density at radius 3 is 2.69 bits per heavy atom. The van der Waals surface area contributed by atoms with Crippen LogP contribution in [0.3, 0.4) is 0 Å². The Labute approximate surface area is 78.9 Å². The van der Waals surface area contributed by atoms with Crippen LogP contribution in [-0.4, -0.2) is 0 Å². The monoisotopic (exact) mass is 168 g/mol. The van der Waals surface area contributed by atoms with Gasteiger partial charge in [-0.1, -0.05) is 49.6 Å². The van der Waals surface area contributed by atoms with E-state index in [9.17, 15) is 0 Å². The van der Waals surface area contributed by atoms with Gasteiger partial charge in [-0.05, 0) is 28.7 Å². The van der Waals surface area contributed by atoms with Crippen LogP contribution in [0.5, 0.6) is 0 Å². The normalized spacial score (nSPS) is 17.5. The molecular weight excluding hydrogens is 156 g/mol. The van der Waals surface area contributed by atoms with Crippen molar-refractivity contribution < 1.29 is 0 Å². The highest BCUT2D eigenvalue weighted by atomic mass is 14.2. The maximum absolute atomic E-state index is 4.08. The number of benzene rings is 1. The molecule has 0 heteroatoms. The molecule has 0 unspecified atom stereocenters. The van der Waals surface area contributed by atoms with E-state index in [4.69, 9.17) is 0 Å². The van der Waals surface area contributed by atoms with Gasteiger partial charge in [-0.3, -0.25) is 0 Å². The third kappa shape index (κ3) is 1.25. The zero-order valence-electron chi connectivity index (χ0n) is 7.59. The van der Waals surface area contributed by atoms with Crippen molar-refractivity contribution in [3.8, 4) is 0 Å². The van der Waals surface area contributed by atoms with Crippen LogP contribution in [0.2, 0.25) is 0 Å². The van der Waals surface area contributed by atoms with E-state index in [1.807, 2.05) is 12.2 Å². The van der Waals surface area contributed by atoms with Gasteiger partial charge in [-0.15, -0.1) is 0 Å². The lowest BCUT2D eigenvalue weighted by Gasteiger charge is -1.96. The molecule has 2 rings (SSSR count). The van der Waals surface area contributed by atoms with Gasteiger partial charge in [-0.25, -0.2) is 0 Å². The van der Waals surface area contributed by atoms with Crippen molar-refractivity contribution in [2.45, 2.75) is 6.42 Å². The SMILES string of the molecule is C=C/C=C1/Cc2ccccc2C1=C. The van der Waals surface area contributed by atoms with Gasteiger partial charge in [-0.2, -0.15) is 0 Å². The highest BCUT2D eigenvalue weighted by Crippen LogP contribution is 2.34. The topological polar surface area (TPSA) is 0 Å². The standard InChI is InChI=1S/C13H12/c1-3-6-11-9-12-7-4-5-8-13(12)10(11)2/h3-8H,1-2,9H2/b11-6-. The van der Waals surface area contributed by atoms with Crippen molar-refractivity contribution in [1.29, 1.82) is 0 Å². The van der Waals surface area contributed by atoms with Crippen molar-refractivity contribution in [2.24, 2.45) is 0 Å². The average Bonchev–Trinajstić information content (AvgIpc) is 2.46. The van der Waals surface area contributed by atoms with Gasteiger partial charge in [0.15, 0.2) is 0 Å². The largest absolute Gasteiger partial charge is 0.0991 e. The van der Waals surface area contributed by atoms with Crippen molar-refractivity contribution in [1.82, 2.24) is 0 Å². The summed E-state index contributed by atoms with van der Waals surface area (Å²) in [7, 11) is 0. The van der Waals surface area contributed by atoms with Crippen LogP contribution >= 0.6 is 0 Å². The molecule has 0 amide bonds. The third-order valence-electron chi connectivity index (χ3n) is 2.43. The molecule has 0 aromatic heterocycles. The summed E-state index contributed by atoms with van der Waals surface area (Å²) in [6.07, 6.45) is 4.87. The van der Waals surface area contributed by atoms with Gasteiger partial charge in [0.2, 0.25) is 0 Å². The van der Waals surface area contributed by atoms with Gasteiger partial charge < -0.3 is 0 Å². The Bertz CT molecular complexity index is 394. The maximum atomic E-state index is 4.08. The zero-order chi connectivity index (χ0) is 9.26. The minimum atomic E-state index is 1.00. The summed E-state index contributed by atoms with van der Waals surface area (Å²) in [4.78, 5) is 0. The Kier molecular flexibility index (Phi) is 1.90. The number of fused-ring (bicyclic) bond motifs is 1. The first-order valence-electron chi connectivity index (χ1n) is 4.42. The van der Waals surface area contributed by atoms with E-state index >= 15 is 0 Å². The third-order valence-corrected chi connectivity index (χ3v) is 2.43. The molecule has 1 aromatic carbocycles. The predicted molar refractivity (Wildman–Crippen MR) is 57.5 cm³/mol. The number of rotatable bonds is 1. The molecule has 0 fully saturated rings. The molecule has 1 aliphatic rings. The van der Waals surface area contributed by atoms with Gasteiger partial charge in [0.05, 0.1) is 0 Å². The minimum Gasteiger partial charge on any atom is -0.0991 e. The lowest BCUT2D eigenvalue weighted by atomic mass is 10.1. The second-order valence-electron chi connectivity index (χ2n) is 3.24. The van der Waals surface area contributed by atoms with Gasteiger partial charge in [0.25, 0.3) is 0 Å². The molecule has 64 valence electrons. The van der Waals surface area contributed by atoms with Crippen LogP contribution in [-0.2, 0) is 6.42 Å². The molecule has 0 radical (unpaired) electrons. The van der Waals surface area contributed by atoms with E-state index in [-0.39, 0.29) is 0 Å². The van der Waals surface area contributed by atoms with Crippen LogP contribution < -0.4 is 0 Å². The Morgan fingerprint density at radius 2 is 2.00 bits per heavy atom. The van der Waals surface area contributed by atoms with Crippen LogP contribution in [0.25, 0.3) is 5.57 Å². The summed E-state index contributed by atoms with van der Waals surface area (Å²) in [5.41, 5.74) is 5.10. The van der Waals surface area contributed by atoms with Crippen LogP contribution in [0.1, 0.15) is 11.1 Å². The van der Waals surface area contributed by atoms with E-state index in [0.29, 0.717) is 0 Å². The number of hydrogen-bond donors (Lipinski definition) is 0.